The van der Waals surface area contributed by atoms with Gasteiger partial charge in [-0.25, -0.2) is 0 Å². The van der Waals surface area contributed by atoms with Crippen molar-refractivity contribution >= 4 is 35.1 Å². The zero-order valence-corrected chi connectivity index (χ0v) is 17.1. The standard InChI is InChI=1S/C22H23ClN2O4/c1-14-18(23)9-6-10-19(14)24-21(27)15(2)29-22(28)17-11-20(26)25(13-17)12-16-7-4-3-5-8-16/h3-10,15,17H,11-13H2,1-2H3,(H,24,27)/t15-,17+/m1/s1. The highest BCUT2D eigenvalue weighted by atomic mass is 35.5. The second kappa shape index (κ2) is 9.09. The molecule has 1 aliphatic rings. The highest BCUT2D eigenvalue weighted by molar-refractivity contribution is 6.31. The average Bonchev–Trinajstić information content (AvgIpc) is 3.06. The number of benzene rings is 2. The number of nitrogens with zero attached hydrogens (tertiary/aromatic N) is 1. The van der Waals surface area contributed by atoms with E-state index in [4.69, 9.17) is 16.3 Å². The summed E-state index contributed by atoms with van der Waals surface area (Å²) in [5.41, 5.74) is 2.30. The third-order valence-electron chi connectivity index (χ3n) is 4.95. The largest absolute Gasteiger partial charge is 0.452 e. The smallest absolute Gasteiger partial charge is 0.312 e. The van der Waals surface area contributed by atoms with E-state index in [2.05, 4.69) is 5.32 Å². The maximum Gasteiger partial charge on any atom is 0.312 e. The third kappa shape index (κ3) is 5.15. The molecule has 1 aliphatic heterocycles. The predicted molar refractivity (Wildman–Crippen MR) is 110 cm³/mol. The van der Waals surface area contributed by atoms with Crippen LogP contribution in [0.2, 0.25) is 5.02 Å². The number of carbonyl (C=O) groups excluding carboxylic acids is 3. The number of anilines is 1. The Hall–Kier alpha value is -2.86. The summed E-state index contributed by atoms with van der Waals surface area (Å²) in [5.74, 6) is -1.66. The van der Waals surface area contributed by atoms with Gasteiger partial charge in [-0.15, -0.1) is 0 Å². The molecule has 0 spiro atoms. The molecule has 3 rings (SSSR count). The summed E-state index contributed by atoms with van der Waals surface area (Å²) >= 11 is 6.06. The van der Waals surface area contributed by atoms with Crippen molar-refractivity contribution in [1.29, 1.82) is 0 Å². The number of carbonyl (C=O) groups is 3. The average molecular weight is 415 g/mol. The second-order valence-corrected chi connectivity index (χ2v) is 7.55. The molecular weight excluding hydrogens is 392 g/mol. The Kier molecular flexibility index (Phi) is 6.54. The Labute approximate surface area is 174 Å². The van der Waals surface area contributed by atoms with Gasteiger partial charge in [0.15, 0.2) is 6.10 Å². The fraction of sp³-hybridized carbons (Fsp3) is 0.318. The van der Waals surface area contributed by atoms with Gasteiger partial charge in [0.1, 0.15) is 0 Å². The molecule has 0 aromatic heterocycles. The molecule has 0 unspecified atom stereocenters. The van der Waals surface area contributed by atoms with Gasteiger partial charge in [0.2, 0.25) is 5.91 Å². The number of halogens is 1. The zero-order valence-electron chi connectivity index (χ0n) is 16.4. The van der Waals surface area contributed by atoms with Crippen LogP contribution in [0.3, 0.4) is 0 Å². The second-order valence-electron chi connectivity index (χ2n) is 7.14. The monoisotopic (exact) mass is 414 g/mol. The number of likely N-dealkylation sites (tertiary alicyclic amines) is 1. The molecule has 1 N–H and O–H groups in total. The fourth-order valence-electron chi connectivity index (χ4n) is 3.19. The van der Waals surface area contributed by atoms with Crippen LogP contribution in [0, 0.1) is 12.8 Å². The molecule has 2 amide bonds. The molecule has 1 saturated heterocycles. The molecule has 2 aromatic rings. The first-order chi connectivity index (χ1) is 13.8. The van der Waals surface area contributed by atoms with Crippen LogP contribution < -0.4 is 5.32 Å². The van der Waals surface area contributed by atoms with Gasteiger partial charge in [0.05, 0.1) is 5.92 Å². The van der Waals surface area contributed by atoms with E-state index < -0.39 is 23.9 Å². The van der Waals surface area contributed by atoms with Gasteiger partial charge in [0, 0.05) is 30.2 Å². The van der Waals surface area contributed by atoms with Gasteiger partial charge in [-0.05, 0) is 37.1 Å². The SMILES string of the molecule is Cc1c(Cl)cccc1NC(=O)[C@@H](C)OC(=O)[C@H]1CC(=O)N(Cc2ccccc2)C1. The number of rotatable bonds is 6. The zero-order chi connectivity index (χ0) is 21.0. The van der Waals surface area contributed by atoms with E-state index >= 15 is 0 Å². The fourth-order valence-corrected chi connectivity index (χ4v) is 3.36. The lowest BCUT2D eigenvalue weighted by molar-refractivity contribution is -0.157. The van der Waals surface area contributed by atoms with Crippen molar-refractivity contribution in [2.24, 2.45) is 5.92 Å². The van der Waals surface area contributed by atoms with Crippen LogP contribution in [-0.2, 0) is 25.7 Å². The van der Waals surface area contributed by atoms with Crippen molar-refractivity contribution in [2.45, 2.75) is 32.9 Å². The Balaban J connectivity index is 1.54. The Morgan fingerprint density at radius 2 is 1.93 bits per heavy atom. The summed E-state index contributed by atoms with van der Waals surface area (Å²) < 4.78 is 5.32. The summed E-state index contributed by atoms with van der Waals surface area (Å²) in [5, 5.41) is 3.26. The molecule has 2 atom stereocenters. The summed E-state index contributed by atoms with van der Waals surface area (Å²) in [7, 11) is 0. The maximum atomic E-state index is 12.5. The van der Waals surface area contributed by atoms with E-state index in [1.807, 2.05) is 30.3 Å². The third-order valence-corrected chi connectivity index (χ3v) is 5.36. The minimum Gasteiger partial charge on any atom is -0.452 e. The molecule has 0 radical (unpaired) electrons. The number of hydrogen-bond acceptors (Lipinski definition) is 4. The minimum atomic E-state index is -0.987. The Bertz CT molecular complexity index is 916. The van der Waals surface area contributed by atoms with E-state index in [0.29, 0.717) is 17.3 Å². The van der Waals surface area contributed by atoms with Gasteiger partial charge in [-0.1, -0.05) is 48.0 Å². The van der Waals surface area contributed by atoms with Crippen molar-refractivity contribution in [3.05, 3.63) is 64.7 Å². The van der Waals surface area contributed by atoms with E-state index in [1.54, 1.807) is 30.0 Å². The molecule has 0 saturated carbocycles. The molecule has 0 aliphatic carbocycles. The van der Waals surface area contributed by atoms with Crippen LogP contribution in [0.4, 0.5) is 5.69 Å². The highest BCUT2D eigenvalue weighted by Crippen LogP contribution is 2.24. The molecule has 1 heterocycles. The van der Waals surface area contributed by atoms with E-state index in [-0.39, 0.29) is 18.9 Å². The summed E-state index contributed by atoms with van der Waals surface area (Å²) in [6, 6.07) is 14.8. The van der Waals surface area contributed by atoms with Crippen LogP contribution in [0.1, 0.15) is 24.5 Å². The molecule has 1 fully saturated rings. The van der Waals surface area contributed by atoms with Crippen LogP contribution in [0.25, 0.3) is 0 Å². The minimum absolute atomic E-state index is 0.0907. The molecule has 29 heavy (non-hydrogen) atoms. The molecule has 7 heteroatoms. The predicted octanol–water partition coefficient (Wildman–Crippen LogP) is 3.57. The van der Waals surface area contributed by atoms with Crippen molar-refractivity contribution in [2.75, 3.05) is 11.9 Å². The molecular formula is C22H23ClN2O4. The number of nitrogens with one attached hydrogen (secondary N) is 1. The van der Waals surface area contributed by atoms with Gasteiger partial charge < -0.3 is 15.0 Å². The van der Waals surface area contributed by atoms with Crippen molar-refractivity contribution in [3.8, 4) is 0 Å². The van der Waals surface area contributed by atoms with Crippen molar-refractivity contribution in [3.63, 3.8) is 0 Å². The van der Waals surface area contributed by atoms with E-state index in [9.17, 15) is 14.4 Å². The molecule has 2 aromatic carbocycles. The number of amides is 2. The van der Waals surface area contributed by atoms with Gasteiger partial charge >= 0.3 is 5.97 Å². The quantitative estimate of drug-likeness (QED) is 0.733. The molecule has 6 nitrogen and oxygen atoms in total. The highest BCUT2D eigenvalue weighted by Gasteiger charge is 2.36. The number of ether oxygens (including phenoxy) is 1. The Morgan fingerprint density at radius 1 is 1.21 bits per heavy atom. The first-order valence-corrected chi connectivity index (χ1v) is 9.81. The van der Waals surface area contributed by atoms with E-state index in [1.165, 1.54) is 6.92 Å². The number of esters is 1. The van der Waals surface area contributed by atoms with Crippen LogP contribution in [0.5, 0.6) is 0 Å². The lowest BCUT2D eigenvalue weighted by atomic mass is 10.1. The summed E-state index contributed by atoms with van der Waals surface area (Å²) in [6.07, 6.45) is -0.896. The van der Waals surface area contributed by atoms with Crippen LogP contribution >= 0.6 is 11.6 Å². The van der Waals surface area contributed by atoms with Crippen molar-refractivity contribution < 1.29 is 19.1 Å². The Morgan fingerprint density at radius 3 is 2.66 bits per heavy atom. The molecule has 152 valence electrons. The van der Waals surface area contributed by atoms with Gasteiger partial charge in [0.25, 0.3) is 5.91 Å². The maximum absolute atomic E-state index is 12.5. The van der Waals surface area contributed by atoms with Crippen LogP contribution in [0.15, 0.2) is 48.5 Å². The lowest BCUT2D eigenvalue weighted by Gasteiger charge is -2.18. The molecule has 0 bridgehead atoms. The summed E-state index contributed by atoms with van der Waals surface area (Å²) in [6.45, 7) is 4.04. The normalized spacial score (nSPS) is 17.1. The van der Waals surface area contributed by atoms with E-state index in [0.717, 1.165) is 11.1 Å². The van der Waals surface area contributed by atoms with Gasteiger partial charge in [-0.2, -0.15) is 0 Å². The van der Waals surface area contributed by atoms with Crippen molar-refractivity contribution in [1.82, 2.24) is 4.90 Å². The lowest BCUT2D eigenvalue weighted by Crippen LogP contribution is -2.33. The van der Waals surface area contributed by atoms with Crippen LogP contribution in [-0.4, -0.2) is 35.3 Å². The first kappa shape index (κ1) is 20.9. The summed E-state index contributed by atoms with van der Waals surface area (Å²) in [4.78, 5) is 38.8. The first-order valence-electron chi connectivity index (χ1n) is 9.43. The van der Waals surface area contributed by atoms with Gasteiger partial charge in [-0.3, -0.25) is 14.4 Å². The topological polar surface area (TPSA) is 75.7 Å². The number of hydrogen-bond donors (Lipinski definition) is 1.